The predicted molar refractivity (Wildman–Crippen MR) is 120 cm³/mol. The Hall–Kier alpha value is -3.93. The van der Waals surface area contributed by atoms with Gasteiger partial charge in [-0.15, -0.1) is 0 Å². The number of benzene rings is 2. The van der Waals surface area contributed by atoms with Crippen molar-refractivity contribution >= 4 is 21.9 Å². The first kappa shape index (κ1) is 18.1. The molecule has 0 saturated heterocycles. The molecule has 0 aliphatic carbocycles. The molecule has 30 heavy (non-hydrogen) atoms. The zero-order chi connectivity index (χ0) is 21.0. The molecule has 1 N–H and O–H groups in total. The summed E-state index contributed by atoms with van der Waals surface area (Å²) in [6.07, 6.45) is 2.02. The molecule has 0 amide bonds. The van der Waals surface area contributed by atoms with E-state index >= 15 is 0 Å². The summed E-state index contributed by atoms with van der Waals surface area (Å²) in [6, 6.07) is 18.0. The van der Waals surface area contributed by atoms with Crippen LogP contribution in [0.25, 0.3) is 44.3 Å². The van der Waals surface area contributed by atoms with Crippen LogP contribution in [0.5, 0.6) is 0 Å². The van der Waals surface area contributed by atoms with Crippen molar-refractivity contribution in [2.24, 2.45) is 14.1 Å². The first-order valence-electron chi connectivity index (χ1n) is 9.69. The van der Waals surface area contributed by atoms with Gasteiger partial charge in [0.25, 0.3) is 5.56 Å². The summed E-state index contributed by atoms with van der Waals surface area (Å²) in [4.78, 5) is 32.3. The number of aromatic nitrogens is 4. The molecule has 5 rings (SSSR count). The van der Waals surface area contributed by atoms with Crippen LogP contribution in [0.1, 0.15) is 5.56 Å². The average Bonchev–Trinajstić information content (AvgIpc) is 3.08. The molecule has 3 aromatic heterocycles. The van der Waals surface area contributed by atoms with E-state index < -0.39 is 11.2 Å². The second-order valence-electron chi connectivity index (χ2n) is 7.61. The van der Waals surface area contributed by atoms with Crippen LogP contribution < -0.4 is 11.2 Å². The smallest absolute Gasteiger partial charge is 0.329 e. The average molecular weight is 396 g/mol. The summed E-state index contributed by atoms with van der Waals surface area (Å²) in [7, 11) is 3.61. The van der Waals surface area contributed by atoms with Gasteiger partial charge in [0.15, 0.2) is 5.65 Å². The largest absolute Gasteiger partial charge is 0.350 e. The molecule has 0 fully saturated rings. The lowest BCUT2D eigenvalue weighted by atomic mass is 9.99. The van der Waals surface area contributed by atoms with Gasteiger partial charge in [-0.2, -0.15) is 0 Å². The van der Waals surface area contributed by atoms with Crippen molar-refractivity contribution in [3.63, 3.8) is 0 Å². The number of hydrogen-bond donors (Lipinski definition) is 1. The highest BCUT2D eigenvalue weighted by Gasteiger charge is 2.18. The summed E-state index contributed by atoms with van der Waals surface area (Å²) >= 11 is 0. The van der Waals surface area contributed by atoms with Crippen molar-refractivity contribution in [1.82, 2.24) is 19.1 Å². The van der Waals surface area contributed by atoms with E-state index in [1.807, 2.05) is 79.3 Å². The van der Waals surface area contributed by atoms with Crippen LogP contribution in [-0.2, 0) is 14.1 Å². The molecule has 6 heteroatoms. The molecule has 0 atom stereocenters. The highest BCUT2D eigenvalue weighted by molar-refractivity contribution is 6.04. The number of pyridine rings is 1. The van der Waals surface area contributed by atoms with Crippen LogP contribution in [0.15, 0.2) is 70.4 Å². The molecule has 3 heterocycles. The minimum atomic E-state index is -0.482. The topological polar surface area (TPSA) is 72.7 Å². The molecule has 148 valence electrons. The second-order valence-corrected chi connectivity index (χ2v) is 7.61. The van der Waals surface area contributed by atoms with Crippen molar-refractivity contribution in [3.05, 3.63) is 87.2 Å². The third kappa shape index (κ3) is 2.69. The fourth-order valence-electron chi connectivity index (χ4n) is 3.98. The van der Waals surface area contributed by atoms with E-state index in [2.05, 4.69) is 4.98 Å². The van der Waals surface area contributed by atoms with Crippen molar-refractivity contribution in [3.8, 4) is 22.4 Å². The maximum atomic E-state index is 12.9. The molecule has 0 aliphatic heterocycles. The first-order valence-corrected chi connectivity index (χ1v) is 9.69. The number of fused-ring (bicyclic) bond motifs is 2. The SMILES string of the molecule is Cc1ccc(-c2cc(-c3cn(C)c4ccccc34)c3c(=O)[nH]c(=O)n(C)c3n2)cc1. The number of rotatable bonds is 2. The number of nitrogens with one attached hydrogen (secondary N) is 1. The van der Waals surface area contributed by atoms with Crippen molar-refractivity contribution in [2.75, 3.05) is 0 Å². The van der Waals surface area contributed by atoms with Crippen LogP contribution in [0, 0.1) is 6.92 Å². The Morgan fingerprint density at radius 2 is 1.67 bits per heavy atom. The highest BCUT2D eigenvalue weighted by Crippen LogP contribution is 2.35. The zero-order valence-electron chi connectivity index (χ0n) is 16.9. The van der Waals surface area contributed by atoms with Gasteiger partial charge in [0.1, 0.15) is 0 Å². The van der Waals surface area contributed by atoms with Gasteiger partial charge in [0, 0.05) is 47.9 Å². The number of aromatic amines is 1. The fourth-order valence-corrected chi connectivity index (χ4v) is 3.98. The summed E-state index contributed by atoms with van der Waals surface area (Å²) in [5, 5.41) is 1.44. The van der Waals surface area contributed by atoms with E-state index in [-0.39, 0.29) is 0 Å². The van der Waals surface area contributed by atoms with E-state index in [0.717, 1.165) is 33.2 Å². The monoisotopic (exact) mass is 396 g/mol. The van der Waals surface area contributed by atoms with Gasteiger partial charge in [-0.3, -0.25) is 14.3 Å². The third-order valence-corrected chi connectivity index (χ3v) is 5.60. The van der Waals surface area contributed by atoms with Crippen LogP contribution in [0.2, 0.25) is 0 Å². The van der Waals surface area contributed by atoms with Crippen LogP contribution in [0.4, 0.5) is 0 Å². The van der Waals surface area contributed by atoms with E-state index in [9.17, 15) is 9.59 Å². The molecule has 6 nitrogen and oxygen atoms in total. The minimum absolute atomic E-state index is 0.366. The maximum absolute atomic E-state index is 12.9. The molecule has 0 unspecified atom stereocenters. The van der Waals surface area contributed by atoms with Crippen LogP contribution in [-0.4, -0.2) is 19.1 Å². The van der Waals surface area contributed by atoms with Gasteiger partial charge < -0.3 is 4.57 Å². The summed E-state index contributed by atoms with van der Waals surface area (Å²) in [6.45, 7) is 2.03. The van der Waals surface area contributed by atoms with Gasteiger partial charge >= 0.3 is 5.69 Å². The Bertz CT molecular complexity index is 1550. The van der Waals surface area contributed by atoms with E-state index in [1.165, 1.54) is 4.57 Å². The lowest BCUT2D eigenvalue weighted by Crippen LogP contribution is -2.29. The van der Waals surface area contributed by atoms with E-state index in [4.69, 9.17) is 4.98 Å². The maximum Gasteiger partial charge on any atom is 0.329 e. The van der Waals surface area contributed by atoms with E-state index in [1.54, 1.807) is 7.05 Å². The number of para-hydroxylation sites is 1. The molecule has 0 bridgehead atoms. The lowest BCUT2D eigenvalue weighted by molar-refractivity contribution is 0.830. The number of hydrogen-bond acceptors (Lipinski definition) is 3. The fraction of sp³-hybridized carbons (Fsp3) is 0.125. The second kappa shape index (κ2) is 6.56. The van der Waals surface area contributed by atoms with Crippen molar-refractivity contribution in [1.29, 1.82) is 0 Å². The molecular formula is C24H20N4O2. The van der Waals surface area contributed by atoms with Crippen molar-refractivity contribution in [2.45, 2.75) is 6.92 Å². The molecule has 5 aromatic rings. The summed E-state index contributed by atoms with van der Waals surface area (Å²) < 4.78 is 3.43. The van der Waals surface area contributed by atoms with Crippen LogP contribution >= 0.6 is 0 Å². The molecule has 0 spiro atoms. The van der Waals surface area contributed by atoms with Gasteiger partial charge in [0.05, 0.1) is 11.1 Å². The quantitative estimate of drug-likeness (QED) is 0.494. The molecule has 0 radical (unpaired) electrons. The molecule has 0 saturated carbocycles. The normalized spacial score (nSPS) is 11.4. The Balaban J connectivity index is 1.95. The van der Waals surface area contributed by atoms with Crippen molar-refractivity contribution < 1.29 is 0 Å². The summed E-state index contributed by atoms with van der Waals surface area (Å²) in [5.41, 5.74) is 4.99. The first-order chi connectivity index (χ1) is 14.4. The number of aryl methyl sites for hydroxylation is 3. The van der Waals surface area contributed by atoms with Gasteiger partial charge in [-0.1, -0.05) is 48.0 Å². The Morgan fingerprint density at radius 3 is 2.43 bits per heavy atom. The number of nitrogens with zero attached hydrogens (tertiary/aromatic N) is 3. The minimum Gasteiger partial charge on any atom is -0.350 e. The third-order valence-electron chi connectivity index (χ3n) is 5.60. The zero-order valence-corrected chi connectivity index (χ0v) is 16.9. The Kier molecular flexibility index (Phi) is 3.96. The standard InChI is InChI=1S/C24H20N4O2/c1-14-8-10-15(11-9-14)19-12-17(18-13-27(2)20-7-5-4-6-16(18)20)21-22(25-19)28(3)24(30)26-23(21)29/h4-13H,1-3H3,(H,26,29,30). The Morgan fingerprint density at radius 1 is 0.933 bits per heavy atom. The van der Waals surface area contributed by atoms with Gasteiger partial charge in [-0.25, -0.2) is 9.78 Å². The van der Waals surface area contributed by atoms with E-state index in [0.29, 0.717) is 16.7 Å². The molecule has 2 aromatic carbocycles. The van der Waals surface area contributed by atoms with Gasteiger partial charge in [-0.05, 0) is 19.1 Å². The van der Waals surface area contributed by atoms with Crippen LogP contribution in [0.3, 0.4) is 0 Å². The Labute approximate surface area is 172 Å². The highest BCUT2D eigenvalue weighted by atomic mass is 16.2. The number of H-pyrrole nitrogens is 1. The lowest BCUT2D eigenvalue weighted by Gasteiger charge is -2.11. The molecular weight excluding hydrogens is 376 g/mol. The summed E-state index contributed by atoms with van der Waals surface area (Å²) in [5.74, 6) is 0. The molecule has 0 aliphatic rings. The van der Waals surface area contributed by atoms with Gasteiger partial charge in [0.2, 0.25) is 0 Å². The predicted octanol–water partition coefficient (Wildman–Crippen LogP) is 3.76.